The zero-order valence-corrected chi connectivity index (χ0v) is 18.0. The molecule has 2 aromatic carbocycles. The molecule has 0 bridgehead atoms. The van der Waals surface area contributed by atoms with E-state index in [9.17, 15) is 0 Å². The third-order valence-electron chi connectivity index (χ3n) is 5.07. The molecule has 0 aliphatic rings. The van der Waals surface area contributed by atoms with Crippen LogP contribution in [0.5, 0.6) is 11.5 Å². The van der Waals surface area contributed by atoms with Crippen LogP contribution < -0.4 is 25.8 Å². The number of ether oxygens (including phenoxy) is 2. The minimum absolute atomic E-state index is 0.781. The third kappa shape index (κ3) is 9.20. The van der Waals surface area contributed by atoms with E-state index in [0.717, 1.165) is 56.2 Å². The molecular weight excluding hydrogens is 362 g/mol. The van der Waals surface area contributed by atoms with Gasteiger partial charge in [-0.3, -0.25) is 0 Å². The summed E-state index contributed by atoms with van der Waals surface area (Å²) in [6, 6.07) is 14.3. The second-order valence-corrected chi connectivity index (χ2v) is 7.35. The van der Waals surface area contributed by atoms with Crippen LogP contribution in [0.3, 0.4) is 0 Å². The van der Waals surface area contributed by atoms with E-state index in [0.29, 0.717) is 0 Å². The summed E-state index contributed by atoms with van der Waals surface area (Å²) < 4.78 is 10.6. The highest BCUT2D eigenvalue weighted by atomic mass is 16.5. The van der Waals surface area contributed by atoms with Crippen LogP contribution >= 0.6 is 0 Å². The number of anilines is 1. The van der Waals surface area contributed by atoms with Gasteiger partial charge in [0.2, 0.25) is 0 Å². The Morgan fingerprint density at radius 2 is 1.21 bits per heavy atom. The number of unbranched alkanes of at least 4 members (excludes halogenated alkanes) is 3. The molecule has 0 aromatic heterocycles. The molecule has 0 amide bonds. The number of methoxy groups -OCH3 is 2. The fourth-order valence-electron chi connectivity index (χ4n) is 3.29. The first-order chi connectivity index (χ1) is 14.2. The summed E-state index contributed by atoms with van der Waals surface area (Å²) in [5.41, 5.74) is 9.14. The number of benzene rings is 2. The van der Waals surface area contributed by atoms with Gasteiger partial charge in [0, 0.05) is 5.69 Å². The lowest BCUT2D eigenvalue weighted by atomic mass is 10.1. The number of hydrogen-bond donors (Lipinski definition) is 3. The zero-order valence-electron chi connectivity index (χ0n) is 18.0. The Bertz CT molecular complexity index is 689. The lowest BCUT2D eigenvalue weighted by molar-refractivity contribution is 0.354. The molecule has 0 atom stereocenters. The van der Waals surface area contributed by atoms with E-state index >= 15 is 0 Å². The van der Waals surface area contributed by atoms with E-state index in [1.54, 1.807) is 14.2 Å². The molecule has 5 nitrogen and oxygen atoms in total. The van der Waals surface area contributed by atoms with Gasteiger partial charge in [-0.2, -0.15) is 0 Å². The SMILES string of the molecule is COc1ccc(CCNCCCCCCNCCc2ccc(N)cc2)cc1OC. The molecule has 0 saturated heterocycles. The van der Waals surface area contributed by atoms with Gasteiger partial charge in [-0.05, 0) is 87.3 Å². The molecule has 5 heteroatoms. The molecule has 0 radical (unpaired) electrons. The first kappa shape index (κ1) is 23.0. The summed E-state index contributed by atoms with van der Waals surface area (Å²) in [5.74, 6) is 1.58. The molecule has 4 N–H and O–H groups in total. The molecule has 160 valence electrons. The van der Waals surface area contributed by atoms with Crippen molar-refractivity contribution in [3.63, 3.8) is 0 Å². The number of nitrogens with one attached hydrogen (secondary N) is 2. The molecular formula is C24H37N3O2. The monoisotopic (exact) mass is 399 g/mol. The van der Waals surface area contributed by atoms with Gasteiger partial charge in [0.25, 0.3) is 0 Å². The Balaban J connectivity index is 1.41. The molecule has 2 aromatic rings. The summed E-state index contributed by atoms with van der Waals surface area (Å²) in [4.78, 5) is 0. The maximum atomic E-state index is 5.71. The van der Waals surface area contributed by atoms with Crippen molar-refractivity contribution in [3.05, 3.63) is 53.6 Å². The van der Waals surface area contributed by atoms with Crippen molar-refractivity contribution in [1.82, 2.24) is 10.6 Å². The standard InChI is InChI=1S/C24H37N3O2/c1-28-23-12-9-21(19-24(23)29-2)14-18-27-16-6-4-3-5-15-26-17-13-20-7-10-22(25)11-8-20/h7-12,19,26-27H,3-6,13-18,25H2,1-2H3. The number of rotatable bonds is 15. The van der Waals surface area contributed by atoms with Gasteiger partial charge in [0.05, 0.1) is 14.2 Å². The van der Waals surface area contributed by atoms with Gasteiger partial charge >= 0.3 is 0 Å². The van der Waals surface area contributed by atoms with Crippen molar-refractivity contribution >= 4 is 5.69 Å². The van der Waals surface area contributed by atoms with Crippen LogP contribution in [-0.4, -0.2) is 40.4 Å². The van der Waals surface area contributed by atoms with E-state index < -0.39 is 0 Å². The maximum Gasteiger partial charge on any atom is 0.160 e. The summed E-state index contributed by atoms with van der Waals surface area (Å²) >= 11 is 0. The third-order valence-corrected chi connectivity index (χ3v) is 5.07. The molecule has 2 rings (SSSR count). The summed E-state index contributed by atoms with van der Waals surface area (Å²) in [7, 11) is 3.34. The van der Waals surface area contributed by atoms with Crippen LogP contribution in [-0.2, 0) is 12.8 Å². The van der Waals surface area contributed by atoms with Crippen LogP contribution in [0.25, 0.3) is 0 Å². The molecule has 0 aliphatic heterocycles. The second kappa shape index (κ2) is 13.9. The van der Waals surface area contributed by atoms with E-state index in [1.165, 1.54) is 36.8 Å². The molecule has 0 aliphatic carbocycles. The predicted molar refractivity (Wildman–Crippen MR) is 122 cm³/mol. The normalized spacial score (nSPS) is 10.8. The topological polar surface area (TPSA) is 68.5 Å². The quantitative estimate of drug-likeness (QED) is 0.314. The van der Waals surface area contributed by atoms with Gasteiger partial charge in [-0.15, -0.1) is 0 Å². The zero-order chi connectivity index (χ0) is 20.7. The van der Waals surface area contributed by atoms with Crippen molar-refractivity contribution in [2.24, 2.45) is 0 Å². The van der Waals surface area contributed by atoms with Crippen molar-refractivity contribution in [2.75, 3.05) is 46.1 Å². The van der Waals surface area contributed by atoms with E-state index in [2.05, 4.69) is 34.9 Å². The van der Waals surface area contributed by atoms with Crippen LogP contribution in [0.1, 0.15) is 36.8 Å². The molecule has 0 spiro atoms. The molecule has 0 fully saturated rings. The Morgan fingerprint density at radius 1 is 0.655 bits per heavy atom. The van der Waals surface area contributed by atoms with Gasteiger partial charge in [0.15, 0.2) is 11.5 Å². The highest BCUT2D eigenvalue weighted by Crippen LogP contribution is 2.27. The van der Waals surface area contributed by atoms with Crippen molar-refractivity contribution < 1.29 is 9.47 Å². The van der Waals surface area contributed by atoms with E-state index in [-0.39, 0.29) is 0 Å². The summed E-state index contributed by atoms with van der Waals surface area (Å²) in [6.07, 6.45) is 7.10. The molecule has 0 saturated carbocycles. The van der Waals surface area contributed by atoms with Crippen molar-refractivity contribution in [2.45, 2.75) is 38.5 Å². The molecule has 0 unspecified atom stereocenters. The fourth-order valence-corrected chi connectivity index (χ4v) is 3.29. The number of hydrogen-bond acceptors (Lipinski definition) is 5. The number of nitrogens with two attached hydrogens (primary N) is 1. The minimum Gasteiger partial charge on any atom is -0.493 e. The highest BCUT2D eigenvalue weighted by Gasteiger charge is 2.04. The number of nitrogen functional groups attached to an aromatic ring is 1. The Kier molecular flexibility index (Phi) is 11.0. The van der Waals surface area contributed by atoms with Crippen LogP contribution in [0.4, 0.5) is 5.69 Å². The van der Waals surface area contributed by atoms with Crippen molar-refractivity contribution in [3.8, 4) is 11.5 Å². The second-order valence-electron chi connectivity index (χ2n) is 7.35. The predicted octanol–water partition coefficient (Wildman–Crippen LogP) is 3.81. The largest absolute Gasteiger partial charge is 0.493 e. The van der Waals surface area contributed by atoms with Crippen LogP contribution in [0.2, 0.25) is 0 Å². The molecule has 0 heterocycles. The maximum absolute atomic E-state index is 5.71. The summed E-state index contributed by atoms with van der Waals surface area (Å²) in [6.45, 7) is 4.20. The Labute approximate surface area is 176 Å². The van der Waals surface area contributed by atoms with Gasteiger partial charge in [-0.1, -0.05) is 31.0 Å². The Hall–Kier alpha value is -2.24. The highest BCUT2D eigenvalue weighted by molar-refractivity contribution is 5.43. The van der Waals surface area contributed by atoms with E-state index in [1.807, 2.05) is 18.2 Å². The fraction of sp³-hybridized carbons (Fsp3) is 0.500. The first-order valence-corrected chi connectivity index (χ1v) is 10.7. The van der Waals surface area contributed by atoms with Crippen molar-refractivity contribution in [1.29, 1.82) is 0 Å². The van der Waals surface area contributed by atoms with E-state index in [4.69, 9.17) is 15.2 Å². The lowest BCUT2D eigenvalue weighted by Crippen LogP contribution is -2.19. The van der Waals surface area contributed by atoms with Crippen LogP contribution in [0.15, 0.2) is 42.5 Å². The first-order valence-electron chi connectivity index (χ1n) is 10.7. The average molecular weight is 400 g/mol. The summed E-state index contributed by atoms with van der Waals surface area (Å²) in [5, 5.41) is 7.07. The molecule has 29 heavy (non-hydrogen) atoms. The van der Waals surface area contributed by atoms with Gasteiger partial charge in [-0.25, -0.2) is 0 Å². The average Bonchev–Trinajstić information content (AvgIpc) is 2.75. The van der Waals surface area contributed by atoms with Gasteiger partial charge in [0.1, 0.15) is 0 Å². The lowest BCUT2D eigenvalue weighted by Gasteiger charge is -2.10. The smallest absolute Gasteiger partial charge is 0.160 e. The Morgan fingerprint density at radius 3 is 1.79 bits per heavy atom. The van der Waals surface area contributed by atoms with Crippen LogP contribution in [0, 0.1) is 0 Å². The van der Waals surface area contributed by atoms with Gasteiger partial charge < -0.3 is 25.8 Å². The minimum atomic E-state index is 0.781.